The molecular weight excluding hydrogens is 238 g/mol. The molecule has 0 aliphatic carbocycles. The first-order valence-corrected chi connectivity index (χ1v) is 6.88. The van der Waals surface area contributed by atoms with Crippen LogP contribution >= 0.6 is 0 Å². The van der Waals surface area contributed by atoms with Gasteiger partial charge in [-0.15, -0.1) is 0 Å². The molecule has 0 fully saturated rings. The highest BCUT2D eigenvalue weighted by molar-refractivity contribution is 5.89. The van der Waals surface area contributed by atoms with Crippen LogP contribution in [-0.4, -0.2) is 24.0 Å². The summed E-state index contributed by atoms with van der Waals surface area (Å²) in [5.74, 6) is 0. The van der Waals surface area contributed by atoms with E-state index in [2.05, 4.69) is 19.2 Å². The van der Waals surface area contributed by atoms with Crippen LogP contribution in [0.5, 0.6) is 0 Å². The summed E-state index contributed by atoms with van der Waals surface area (Å²) in [6, 6.07) is 7.88. The van der Waals surface area contributed by atoms with Gasteiger partial charge in [-0.3, -0.25) is 0 Å². The Bertz CT molecular complexity index is 396. The minimum Gasteiger partial charge on any atom is -0.325 e. The summed E-state index contributed by atoms with van der Waals surface area (Å²) in [6.07, 6.45) is 1.92. The van der Waals surface area contributed by atoms with E-state index in [4.69, 9.17) is 5.73 Å². The van der Waals surface area contributed by atoms with Crippen molar-refractivity contribution in [2.75, 3.05) is 12.4 Å². The lowest BCUT2D eigenvalue weighted by atomic mass is 10.1. The Labute approximate surface area is 116 Å². The van der Waals surface area contributed by atoms with Gasteiger partial charge in [0.1, 0.15) is 0 Å². The molecule has 2 amide bonds. The average Bonchev–Trinajstić information content (AvgIpc) is 2.40. The fraction of sp³-hybridized carbons (Fsp3) is 0.533. The molecule has 1 unspecified atom stereocenters. The van der Waals surface area contributed by atoms with Gasteiger partial charge in [0.25, 0.3) is 0 Å². The topological polar surface area (TPSA) is 58.4 Å². The molecule has 0 heterocycles. The molecule has 0 aliphatic rings. The number of anilines is 1. The zero-order valence-corrected chi connectivity index (χ0v) is 12.3. The Morgan fingerprint density at radius 1 is 1.26 bits per heavy atom. The molecular formula is C15H25N3O. The number of benzene rings is 1. The van der Waals surface area contributed by atoms with Crippen LogP contribution in [0.1, 0.15) is 45.2 Å². The van der Waals surface area contributed by atoms with Crippen LogP contribution in [-0.2, 0) is 0 Å². The number of carbonyl (C=O) groups excluding carboxylic acids is 1. The van der Waals surface area contributed by atoms with E-state index in [1.165, 1.54) is 0 Å². The van der Waals surface area contributed by atoms with Crippen LogP contribution < -0.4 is 11.1 Å². The number of hydrogen-bond donors (Lipinski definition) is 2. The lowest BCUT2D eigenvalue weighted by molar-refractivity contribution is 0.200. The van der Waals surface area contributed by atoms with Gasteiger partial charge >= 0.3 is 6.03 Å². The zero-order valence-electron chi connectivity index (χ0n) is 12.3. The van der Waals surface area contributed by atoms with Crippen molar-refractivity contribution in [1.29, 1.82) is 0 Å². The molecule has 0 aromatic heterocycles. The first kappa shape index (κ1) is 15.5. The maximum atomic E-state index is 12.1. The van der Waals surface area contributed by atoms with Gasteiger partial charge in [-0.1, -0.05) is 26.0 Å². The van der Waals surface area contributed by atoms with Crippen LogP contribution in [0.4, 0.5) is 10.5 Å². The lowest BCUT2D eigenvalue weighted by Gasteiger charge is -2.26. The molecule has 0 saturated heterocycles. The monoisotopic (exact) mass is 263 g/mol. The third-order valence-electron chi connectivity index (χ3n) is 3.50. The number of nitrogens with zero attached hydrogens (tertiary/aromatic N) is 1. The number of nitrogens with two attached hydrogens (primary N) is 1. The van der Waals surface area contributed by atoms with E-state index in [9.17, 15) is 4.79 Å². The SMILES string of the molecule is CCC(CC)N(C)C(=O)Nc1ccc(C(C)N)cc1. The highest BCUT2D eigenvalue weighted by atomic mass is 16.2. The molecule has 1 rings (SSSR count). The first-order valence-electron chi connectivity index (χ1n) is 6.88. The summed E-state index contributed by atoms with van der Waals surface area (Å²) in [4.78, 5) is 13.8. The number of amides is 2. The number of hydrogen-bond acceptors (Lipinski definition) is 2. The molecule has 4 nitrogen and oxygen atoms in total. The maximum Gasteiger partial charge on any atom is 0.321 e. The molecule has 19 heavy (non-hydrogen) atoms. The van der Waals surface area contributed by atoms with Gasteiger partial charge in [0, 0.05) is 24.8 Å². The van der Waals surface area contributed by atoms with E-state index in [1.807, 2.05) is 38.2 Å². The van der Waals surface area contributed by atoms with Crippen LogP contribution in [0.3, 0.4) is 0 Å². The average molecular weight is 263 g/mol. The molecule has 106 valence electrons. The van der Waals surface area contributed by atoms with Gasteiger partial charge in [0.15, 0.2) is 0 Å². The smallest absolute Gasteiger partial charge is 0.321 e. The Morgan fingerprint density at radius 2 is 1.79 bits per heavy atom. The van der Waals surface area contributed by atoms with Crippen molar-refractivity contribution >= 4 is 11.7 Å². The Balaban J connectivity index is 2.66. The zero-order chi connectivity index (χ0) is 14.4. The predicted octanol–water partition coefficient (Wildman–Crippen LogP) is 3.36. The molecule has 0 spiro atoms. The summed E-state index contributed by atoms with van der Waals surface area (Å²) in [5, 5.41) is 2.90. The van der Waals surface area contributed by atoms with Crippen LogP contribution in [0.25, 0.3) is 0 Å². The third kappa shape index (κ3) is 4.24. The highest BCUT2D eigenvalue weighted by Crippen LogP contribution is 2.15. The van der Waals surface area contributed by atoms with E-state index in [1.54, 1.807) is 4.90 Å². The molecule has 4 heteroatoms. The number of urea groups is 1. The van der Waals surface area contributed by atoms with Gasteiger partial charge < -0.3 is 16.0 Å². The quantitative estimate of drug-likeness (QED) is 0.855. The second-order valence-corrected chi connectivity index (χ2v) is 4.92. The molecule has 0 radical (unpaired) electrons. The Morgan fingerprint density at radius 3 is 2.21 bits per heavy atom. The predicted molar refractivity (Wildman–Crippen MR) is 80.2 cm³/mol. The molecule has 3 N–H and O–H groups in total. The summed E-state index contributed by atoms with van der Waals surface area (Å²) >= 11 is 0. The van der Waals surface area contributed by atoms with Crippen LogP contribution in [0, 0.1) is 0 Å². The van der Waals surface area contributed by atoms with Crippen molar-refractivity contribution in [3.8, 4) is 0 Å². The first-order chi connectivity index (χ1) is 8.99. The molecule has 1 aromatic carbocycles. The molecule has 1 atom stereocenters. The second-order valence-electron chi connectivity index (χ2n) is 4.92. The minimum absolute atomic E-state index is 0.0111. The summed E-state index contributed by atoms with van der Waals surface area (Å²) in [6.45, 7) is 6.12. The van der Waals surface area contributed by atoms with Crippen molar-refractivity contribution in [3.05, 3.63) is 29.8 Å². The second kappa shape index (κ2) is 7.14. The minimum atomic E-state index is -0.0674. The van der Waals surface area contributed by atoms with Gasteiger partial charge in [0.05, 0.1) is 0 Å². The molecule has 0 aliphatic heterocycles. The van der Waals surface area contributed by atoms with Gasteiger partial charge in [-0.25, -0.2) is 4.79 Å². The lowest BCUT2D eigenvalue weighted by Crippen LogP contribution is -2.39. The van der Waals surface area contributed by atoms with Crippen molar-refractivity contribution in [2.45, 2.75) is 45.7 Å². The van der Waals surface area contributed by atoms with Crippen LogP contribution in [0.15, 0.2) is 24.3 Å². The Kier molecular flexibility index (Phi) is 5.83. The van der Waals surface area contributed by atoms with Gasteiger partial charge in [-0.05, 0) is 37.5 Å². The summed E-state index contributed by atoms with van der Waals surface area (Å²) in [7, 11) is 1.84. The summed E-state index contributed by atoms with van der Waals surface area (Å²) < 4.78 is 0. The van der Waals surface area contributed by atoms with E-state index in [-0.39, 0.29) is 18.1 Å². The van der Waals surface area contributed by atoms with E-state index < -0.39 is 0 Å². The maximum absolute atomic E-state index is 12.1. The van der Waals surface area contributed by atoms with Crippen molar-refractivity contribution in [2.24, 2.45) is 5.73 Å². The molecule has 0 bridgehead atoms. The van der Waals surface area contributed by atoms with Crippen LogP contribution in [0.2, 0.25) is 0 Å². The van der Waals surface area contributed by atoms with E-state index in [0.717, 1.165) is 24.1 Å². The largest absolute Gasteiger partial charge is 0.325 e. The Hall–Kier alpha value is -1.55. The standard InChI is InChI=1S/C15H25N3O/c1-5-14(6-2)18(4)15(19)17-13-9-7-12(8-10-13)11(3)16/h7-11,14H,5-6,16H2,1-4H3,(H,17,19). The van der Waals surface area contributed by atoms with E-state index >= 15 is 0 Å². The number of nitrogens with one attached hydrogen (secondary N) is 1. The van der Waals surface area contributed by atoms with E-state index in [0.29, 0.717) is 0 Å². The normalized spacial score (nSPS) is 12.3. The summed E-state index contributed by atoms with van der Waals surface area (Å²) in [5.41, 5.74) is 7.65. The molecule has 1 aromatic rings. The third-order valence-corrected chi connectivity index (χ3v) is 3.50. The fourth-order valence-electron chi connectivity index (χ4n) is 2.08. The molecule has 0 saturated carbocycles. The van der Waals surface area contributed by atoms with Gasteiger partial charge in [-0.2, -0.15) is 0 Å². The number of carbonyl (C=O) groups is 1. The van der Waals surface area contributed by atoms with Crippen molar-refractivity contribution < 1.29 is 4.79 Å². The van der Waals surface area contributed by atoms with Crippen molar-refractivity contribution in [1.82, 2.24) is 4.90 Å². The number of rotatable bonds is 5. The fourth-order valence-corrected chi connectivity index (χ4v) is 2.08. The van der Waals surface area contributed by atoms with Gasteiger partial charge in [0.2, 0.25) is 0 Å². The van der Waals surface area contributed by atoms with Crippen molar-refractivity contribution in [3.63, 3.8) is 0 Å². The highest BCUT2D eigenvalue weighted by Gasteiger charge is 2.16.